The Morgan fingerprint density at radius 3 is 2.68 bits per heavy atom. The second kappa shape index (κ2) is 5.00. The van der Waals surface area contributed by atoms with Crippen molar-refractivity contribution in [3.63, 3.8) is 0 Å². The molecule has 0 aliphatic rings. The van der Waals surface area contributed by atoms with Crippen molar-refractivity contribution >= 4 is 21.9 Å². The minimum Gasteiger partial charge on any atom is -0.494 e. The Bertz CT molecular complexity index is 655. The van der Waals surface area contributed by atoms with Gasteiger partial charge in [0.1, 0.15) is 0 Å². The van der Waals surface area contributed by atoms with E-state index < -0.39 is 11.8 Å². The van der Waals surface area contributed by atoms with E-state index in [-0.39, 0.29) is 11.4 Å². The van der Waals surface area contributed by atoms with Crippen LogP contribution in [0.15, 0.2) is 22.7 Å². The highest BCUT2D eigenvalue weighted by Crippen LogP contribution is 2.32. The van der Waals surface area contributed by atoms with Gasteiger partial charge in [0.05, 0.1) is 17.3 Å². The molecule has 1 N–H and O–H groups in total. The zero-order valence-electron chi connectivity index (χ0n) is 10.1. The van der Waals surface area contributed by atoms with E-state index in [4.69, 9.17) is 9.84 Å². The van der Waals surface area contributed by atoms with E-state index in [1.54, 1.807) is 13.1 Å². The Morgan fingerprint density at radius 2 is 2.21 bits per heavy atom. The highest BCUT2D eigenvalue weighted by molar-refractivity contribution is 9.10. The van der Waals surface area contributed by atoms with Gasteiger partial charge in [0, 0.05) is 12.6 Å². The summed E-state index contributed by atoms with van der Waals surface area (Å²) in [5.74, 6) is -1.55. The Morgan fingerprint density at radius 1 is 1.53 bits per heavy atom. The second-order valence-corrected chi connectivity index (χ2v) is 4.58. The Labute approximate surface area is 116 Å². The molecule has 0 aliphatic carbocycles. The van der Waals surface area contributed by atoms with Crippen molar-refractivity contribution in [3.05, 3.63) is 34.2 Å². The van der Waals surface area contributed by atoms with Gasteiger partial charge in [-0.15, -0.1) is 0 Å². The number of ether oxygens (including phenoxy) is 1. The number of carboxylic acid groups (broad SMARTS) is 1. The number of nitrogens with zero attached hydrogens (tertiary/aromatic N) is 2. The summed E-state index contributed by atoms with van der Waals surface area (Å²) in [5, 5.41) is 12.9. The minimum absolute atomic E-state index is 0.117. The Hall–Kier alpha value is -1.89. The number of benzene rings is 1. The van der Waals surface area contributed by atoms with E-state index in [1.165, 1.54) is 23.9 Å². The molecular weight excluding hydrogens is 319 g/mol. The second-order valence-electron chi connectivity index (χ2n) is 3.79. The Balaban J connectivity index is 2.59. The molecular formula is C12H10BrFN2O3. The molecule has 2 aromatic rings. The molecule has 0 radical (unpaired) electrons. The standard InChI is InChI=1S/C12H10BrFN2O3/c1-16-11(9(13)10(15-16)12(17)18)6-3-4-8(19-2)7(14)5-6/h3-5H,1-2H3,(H,17,18). The van der Waals surface area contributed by atoms with Crippen LogP contribution in [-0.2, 0) is 7.05 Å². The van der Waals surface area contributed by atoms with Crippen molar-refractivity contribution in [1.82, 2.24) is 9.78 Å². The van der Waals surface area contributed by atoms with E-state index in [9.17, 15) is 9.18 Å². The number of aromatic nitrogens is 2. The van der Waals surface area contributed by atoms with Crippen molar-refractivity contribution < 1.29 is 19.0 Å². The largest absolute Gasteiger partial charge is 0.494 e. The molecule has 7 heteroatoms. The fourth-order valence-corrected chi connectivity index (χ4v) is 2.50. The SMILES string of the molecule is COc1ccc(-c2c(Br)c(C(=O)O)nn2C)cc1F. The first kappa shape index (κ1) is 13.5. The first-order chi connectivity index (χ1) is 8.95. The molecule has 0 atom stereocenters. The molecule has 0 fully saturated rings. The third-order valence-electron chi connectivity index (χ3n) is 2.62. The average molecular weight is 329 g/mol. The van der Waals surface area contributed by atoms with Crippen molar-refractivity contribution in [2.75, 3.05) is 7.11 Å². The maximum absolute atomic E-state index is 13.7. The van der Waals surface area contributed by atoms with Crippen LogP contribution in [-0.4, -0.2) is 28.0 Å². The smallest absolute Gasteiger partial charge is 0.357 e. The van der Waals surface area contributed by atoms with Gasteiger partial charge in [0.15, 0.2) is 17.3 Å². The normalized spacial score (nSPS) is 10.5. The first-order valence-electron chi connectivity index (χ1n) is 5.25. The van der Waals surface area contributed by atoms with Crippen LogP contribution in [0.4, 0.5) is 4.39 Å². The summed E-state index contributed by atoms with van der Waals surface area (Å²) in [6, 6.07) is 4.38. The number of hydrogen-bond donors (Lipinski definition) is 1. The summed E-state index contributed by atoms with van der Waals surface area (Å²) in [5.41, 5.74) is 0.875. The predicted molar refractivity (Wildman–Crippen MR) is 69.8 cm³/mol. The van der Waals surface area contributed by atoms with Gasteiger partial charge in [-0.05, 0) is 34.1 Å². The first-order valence-corrected chi connectivity index (χ1v) is 6.04. The lowest BCUT2D eigenvalue weighted by atomic mass is 10.1. The molecule has 0 saturated carbocycles. The molecule has 0 bridgehead atoms. The zero-order valence-corrected chi connectivity index (χ0v) is 11.7. The summed E-state index contributed by atoms with van der Waals surface area (Å²) >= 11 is 3.18. The number of carbonyl (C=O) groups is 1. The average Bonchev–Trinajstić information content (AvgIpc) is 2.65. The summed E-state index contributed by atoms with van der Waals surface area (Å²) in [6.07, 6.45) is 0. The fourth-order valence-electron chi connectivity index (χ4n) is 1.76. The summed E-state index contributed by atoms with van der Waals surface area (Å²) in [6.45, 7) is 0. The number of halogens is 2. The van der Waals surface area contributed by atoms with Crippen LogP contribution in [0, 0.1) is 5.82 Å². The number of hydrogen-bond acceptors (Lipinski definition) is 3. The molecule has 1 heterocycles. The maximum atomic E-state index is 13.7. The quantitative estimate of drug-likeness (QED) is 0.940. The van der Waals surface area contributed by atoms with Crippen LogP contribution in [0.25, 0.3) is 11.3 Å². The van der Waals surface area contributed by atoms with Gasteiger partial charge < -0.3 is 9.84 Å². The van der Waals surface area contributed by atoms with Crippen molar-refractivity contribution in [2.45, 2.75) is 0 Å². The topological polar surface area (TPSA) is 64.3 Å². The van der Waals surface area contributed by atoms with Crippen molar-refractivity contribution in [2.24, 2.45) is 7.05 Å². The number of aryl methyl sites for hydroxylation is 1. The molecule has 0 unspecified atom stereocenters. The van der Waals surface area contributed by atoms with Crippen LogP contribution in [0.2, 0.25) is 0 Å². The van der Waals surface area contributed by atoms with E-state index >= 15 is 0 Å². The highest BCUT2D eigenvalue weighted by atomic mass is 79.9. The third kappa shape index (κ3) is 2.33. The van der Waals surface area contributed by atoms with Gasteiger partial charge in [0.2, 0.25) is 0 Å². The predicted octanol–water partition coefficient (Wildman–Crippen LogP) is 2.70. The number of methoxy groups -OCH3 is 1. The number of rotatable bonds is 3. The zero-order chi connectivity index (χ0) is 14.2. The van der Waals surface area contributed by atoms with Crippen LogP contribution in [0.5, 0.6) is 5.75 Å². The summed E-state index contributed by atoms with van der Waals surface area (Å²) in [4.78, 5) is 11.0. The monoisotopic (exact) mass is 328 g/mol. The van der Waals surface area contributed by atoms with E-state index in [1.807, 2.05) is 0 Å². The van der Waals surface area contributed by atoms with Gasteiger partial charge >= 0.3 is 5.97 Å². The molecule has 0 amide bonds. The molecule has 0 saturated heterocycles. The summed E-state index contributed by atoms with van der Waals surface area (Å²) < 4.78 is 20.2. The molecule has 1 aromatic carbocycles. The molecule has 100 valence electrons. The fraction of sp³-hybridized carbons (Fsp3) is 0.167. The summed E-state index contributed by atoms with van der Waals surface area (Å²) in [7, 11) is 2.97. The number of carboxylic acids is 1. The van der Waals surface area contributed by atoms with Gasteiger partial charge in [0.25, 0.3) is 0 Å². The molecule has 0 aliphatic heterocycles. The highest BCUT2D eigenvalue weighted by Gasteiger charge is 2.21. The van der Waals surface area contributed by atoms with Crippen LogP contribution in [0.1, 0.15) is 10.5 Å². The van der Waals surface area contributed by atoms with Crippen LogP contribution >= 0.6 is 15.9 Å². The van der Waals surface area contributed by atoms with E-state index in [0.717, 1.165) is 0 Å². The van der Waals surface area contributed by atoms with Crippen molar-refractivity contribution in [3.8, 4) is 17.0 Å². The molecule has 2 rings (SSSR count). The number of aromatic carboxylic acids is 1. The lowest BCUT2D eigenvalue weighted by Gasteiger charge is -2.06. The molecule has 5 nitrogen and oxygen atoms in total. The third-order valence-corrected chi connectivity index (χ3v) is 3.37. The minimum atomic E-state index is -1.15. The van der Waals surface area contributed by atoms with Gasteiger partial charge in [-0.3, -0.25) is 4.68 Å². The van der Waals surface area contributed by atoms with E-state index in [0.29, 0.717) is 15.7 Å². The van der Waals surface area contributed by atoms with Crippen LogP contribution in [0.3, 0.4) is 0 Å². The van der Waals surface area contributed by atoms with E-state index in [2.05, 4.69) is 21.0 Å². The van der Waals surface area contributed by atoms with Crippen LogP contribution < -0.4 is 4.74 Å². The van der Waals surface area contributed by atoms with Crippen molar-refractivity contribution in [1.29, 1.82) is 0 Å². The lowest BCUT2D eigenvalue weighted by molar-refractivity contribution is 0.0688. The molecule has 19 heavy (non-hydrogen) atoms. The van der Waals surface area contributed by atoms with Gasteiger partial charge in [-0.25, -0.2) is 9.18 Å². The molecule has 1 aromatic heterocycles. The van der Waals surface area contributed by atoms with Gasteiger partial charge in [-0.2, -0.15) is 5.10 Å². The lowest BCUT2D eigenvalue weighted by Crippen LogP contribution is -1.99. The Kier molecular flexibility index (Phi) is 3.57. The van der Waals surface area contributed by atoms with Gasteiger partial charge in [-0.1, -0.05) is 0 Å². The molecule has 0 spiro atoms. The maximum Gasteiger partial charge on any atom is 0.357 e.